The average molecular weight is 414 g/mol. The van der Waals surface area contributed by atoms with Crippen molar-refractivity contribution in [3.8, 4) is 11.8 Å². The Labute approximate surface area is 180 Å². The average Bonchev–Trinajstić information content (AvgIpc) is 2.76. The van der Waals surface area contributed by atoms with Crippen molar-refractivity contribution < 1.29 is 14.7 Å². The lowest BCUT2D eigenvalue weighted by molar-refractivity contribution is -0.116. The Balaban J connectivity index is 1.82. The first-order valence-electron chi connectivity index (χ1n) is 10.0. The number of nitrogens with zero attached hydrogens (tertiary/aromatic N) is 2. The van der Waals surface area contributed by atoms with Gasteiger partial charge in [-0.05, 0) is 55.2 Å². The van der Waals surface area contributed by atoms with Crippen molar-refractivity contribution in [3.05, 3.63) is 87.9 Å². The van der Waals surface area contributed by atoms with Gasteiger partial charge in [0.25, 0.3) is 5.91 Å². The van der Waals surface area contributed by atoms with Gasteiger partial charge in [0.1, 0.15) is 11.6 Å². The van der Waals surface area contributed by atoms with Gasteiger partial charge in [0.15, 0.2) is 5.78 Å². The molecule has 0 spiro atoms. The smallest absolute Gasteiger partial charge is 0.270 e. The molecule has 7 nitrogen and oxygen atoms in total. The number of phenolic OH excluding ortho intramolecular Hbond substituents is 1. The lowest BCUT2D eigenvalue weighted by Gasteiger charge is -2.39. The molecule has 0 saturated carbocycles. The fourth-order valence-corrected chi connectivity index (χ4v) is 4.21. The van der Waals surface area contributed by atoms with Gasteiger partial charge in [-0.2, -0.15) is 5.26 Å². The van der Waals surface area contributed by atoms with Crippen LogP contribution in [0.15, 0.2) is 71.2 Å². The predicted octanol–water partition coefficient (Wildman–Crippen LogP) is 3.15. The molecule has 2 aromatic carbocycles. The van der Waals surface area contributed by atoms with E-state index in [2.05, 4.69) is 11.5 Å². The fraction of sp³-hybridized carbons (Fsp3) is 0.208. The minimum Gasteiger partial charge on any atom is -0.508 e. The van der Waals surface area contributed by atoms with Gasteiger partial charge in [-0.15, -0.1) is 0 Å². The molecule has 0 radical (unpaired) electrons. The van der Waals surface area contributed by atoms with Crippen molar-refractivity contribution in [2.24, 2.45) is 5.73 Å². The van der Waals surface area contributed by atoms with Gasteiger partial charge in [-0.1, -0.05) is 24.3 Å². The SMILES string of the molecule is Cc1ccccc1C1C(C#N)=C(N)N(NC(=O)c2ccc(O)cc2)C2=C1C(=O)CCC2. The highest BCUT2D eigenvalue weighted by molar-refractivity contribution is 6.00. The summed E-state index contributed by atoms with van der Waals surface area (Å²) in [6.07, 6.45) is 1.58. The zero-order chi connectivity index (χ0) is 22.1. The maximum absolute atomic E-state index is 13.0. The number of aromatic hydroxyl groups is 1. The number of nitrogens with one attached hydrogen (secondary N) is 1. The van der Waals surface area contributed by atoms with Crippen LogP contribution in [-0.2, 0) is 4.79 Å². The Hall–Kier alpha value is -4.05. The predicted molar refractivity (Wildman–Crippen MR) is 114 cm³/mol. The molecule has 0 aromatic heterocycles. The van der Waals surface area contributed by atoms with E-state index in [4.69, 9.17) is 5.73 Å². The molecule has 2 aliphatic rings. The molecule has 4 N–H and O–H groups in total. The molecule has 7 heteroatoms. The highest BCUT2D eigenvalue weighted by atomic mass is 16.3. The van der Waals surface area contributed by atoms with E-state index >= 15 is 0 Å². The van der Waals surface area contributed by atoms with E-state index in [0.717, 1.165) is 11.1 Å². The summed E-state index contributed by atoms with van der Waals surface area (Å²) < 4.78 is 0. The van der Waals surface area contributed by atoms with Gasteiger partial charge < -0.3 is 10.8 Å². The van der Waals surface area contributed by atoms with E-state index < -0.39 is 11.8 Å². The third kappa shape index (κ3) is 3.53. The number of benzene rings is 2. The molecule has 1 heterocycles. The molecule has 0 fully saturated rings. The number of aryl methyl sites for hydroxylation is 1. The molecule has 1 amide bonds. The van der Waals surface area contributed by atoms with Crippen LogP contribution in [0.2, 0.25) is 0 Å². The Morgan fingerprint density at radius 2 is 1.90 bits per heavy atom. The third-order valence-electron chi connectivity index (χ3n) is 5.76. The highest BCUT2D eigenvalue weighted by Crippen LogP contribution is 2.44. The second kappa shape index (κ2) is 8.00. The minimum atomic E-state index is -0.559. The molecule has 0 bridgehead atoms. The van der Waals surface area contributed by atoms with E-state index in [-0.39, 0.29) is 22.9 Å². The normalized spacial score (nSPS) is 18.5. The number of carbonyl (C=O) groups is 2. The van der Waals surface area contributed by atoms with Crippen molar-refractivity contribution >= 4 is 11.7 Å². The summed E-state index contributed by atoms with van der Waals surface area (Å²) in [7, 11) is 0. The van der Waals surface area contributed by atoms with Gasteiger partial charge in [0, 0.05) is 23.3 Å². The molecular formula is C24H22N4O3. The maximum Gasteiger partial charge on any atom is 0.270 e. The molecular weight excluding hydrogens is 392 g/mol. The molecule has 2 aromatic rings. The largest absolute Gasteiger partial charge is 0.508 e. The lowest BCUT2D eigenvalue weighted by Crippen LogP contribution is -2.48. The number of Topliss-reactive ketones (excluding diaryl/α,β-unsaturated/α-hetero) is 1. The van der Waals surface area contributed by atoms with Crippen LogP contribution < -0.4 is 11.2 Å². The second-order valence-electron chi connectivity index (χ2n) is 7.66. The number of ketones is 1. The van der Waals surface area contributed by atoms with Crippen molar-refractivity contribution in [2.45, 2.75) is 32.1 Å². The molecule has 4 rings (SSSR count). The summed E-state index contributed by atoms with van der Waals surface area (Å²) in [5.41, 5.74) is 12.6. The zero-order valence-corrected chi connectivity index (χ0v) is 17.1. The molecule has 31 heavy (non-hydrogen) atoms. The minimum absolute atomic E-state index is 0.0429. The number of hydrazine groups is 1. The van der Waals surface area contributed by atoms with Gasteiger partial charge >= 0.3 is 0 Å². The van der Waals surface area contributed by atoms with Crippen LogP contribution in [0.1, 0.15) is 46.7 Å². The molecule has 1 atom stereocenters. The van der Waals surface area contributed by atoms with E-state index in [9.17, 15) is 20.0 Å². The maximum atomic E-state index is 13.0. The van der Waals surface area contributed by atoms with Crippen molar-refractivity contribution in [1.29, 1.82) is 5.26 Å². The summed E-state index contributed by atoms with van der Waals surface area (Å²) in [5.74, 6) is -0.908. The number of carbonyl (C=O) groups excluding carboxylic acids is 2. The van der Waals surface area contributed by atoms with Crippen molar-refractivity contribution in [2.75, 3.05) is 0 Å². The topological polar surface area (TPSA) is 119 Å². The number of nitrogens with two attached hydrogens (primary N) is 1. The van der Waals surface area contributed by atoms with Crippen molar-refractivity contribution in [3.63, 3.8) is 0 Å². The number of phenols is 1. The van der Waals surface area contributed by atoms with Crippen LogP contribution in [0.4, 0.5) is 0 Å². The molecule has 1 unspecified atom stereocenters. The van der Waals surface area contributed by atoms with Crippen LogP contribution in [0.25, 0.3) is 0 Å². The van der Waals surface area contributed by atoms with E-state index in [0.29, 0.717) is 36.1 Å². The molecule has 0 saturated heterocycles. The summed E-state index contributed by atoms with van der Waals surface area (Å²) >= 11 is 0. The zero-order valence-electron chi connectivity index (χ0n) is 17.1. The summed E-state index contributed by atoms with van der Waals surface area (Å²) in [6, 6.07) is 15.6. The summed E-state index contributed by atoms with van der Waals surface area (Å²) in [4.78, 5) is 25.9. The summed E-state index contributed by atoms with van der Waals surface area (Å²) in [6.45, 7) is 1.94. The quantitative estimate of drug-likeness (QED) is 0.710. The van der Waals surface area contributed by atoms with Crippen LogP contribution >= 0.6 is 0 Å². The Morgan fingerprint density at radius 1 is 1.19 bits per heavy atom. The fourth-order valence-electron chi connectivity index (χ4n) is 4.21. The Bertz CT molecular complexity index is 1170. The van der Waals surface area contributed by atoms with E-state index in [1.165, 1.54) is 29.3 Å². The van der Waals surface area contributed by atoms with Crippen molar-refractivity contribution in [1.82, 2.24) is 10.4 Å². The lowest BCUT2D eigenvalue weighted by atomic mass is 9.75. The first-order valence-corrected chi connectivity index (χ1v) is 10.0. The standard InChI is InChI=1S/C24H22N4O3/c1-14-5-2-3-6-17(14)21-18(13-25)23(26)28(19-7-4-8-20(30)22(19)21)27-24(31)15-9-11-16(29)12-10-15/h2-3,5-6,9-12,21,29H,4,7-8,26H2,1H3,(H,27,31). The van der Waals surface area contributed by atoms with Gasteiger partial charge in [0.2, 0.25) is 0 Å². The Morgan fingerprint density at radius 3 is 2.58 bits per heavy atom. The number of nitriles is 1. The number of hydrogen-bond donors (Lipinski definition) is 3. The molecule has 1 aliphatic carbocycles. The molecule has 1 aliphatic heterocycles. The van der Waals surface area contributed by atoms with Gasteiger partial charge in [0.05, 0.1) is 17.6 Å². The van der Waals surface area contributed by atoms with Crippen LogP contribution in [0.5, 0.6) is 5.75 Å². The number of allylic oxidation sites excluding steroid dienone is 3. The number of amides is 1. The second-order valence-corrected chi connectivity index (χ2v) is 7.66. The number of hydrogen-bond acceptors (Lipinski definition) is 6. The van der Waals surface area contributed by atoms with Gasteiger partial charge in [-0.25, -0.2) is 5.01 Å². The monoisotopic (exact) mass is 414 g/mol. The van der Waals surface area contributed by atoms with Crippen LogP contribution in [0.3, 0.4) is 0 Å². The first kappa shape index (κ1) is 20.2. The Kier molecular flexibility index (Phi) is 5.22. The van der Waals surface area contributed by atoms with Crippen LogP contribution in [-0.4, -0.2) is 21.8 Å². The van der Waals surface area contributed by atoms with Gasteiger partial charge in [-0.3, -0.25) is 15.0 Å². The number of rotatable bonds is 3. The molecule has 156 valence electrons. The highest BCUT2D eigenvalue weighted by Gasteiger charge is 2.40. The van der Waals surface area contributed by atoms with E-state index in [1.54, 1.807) is 0 Å². The third-order valence-corrected chi connectivity index (χ3v) is 5.76. The van der Waals surface area contributed by atoms with E-state index in [1.807, 2.05) is 31.2 Å². The van der Waals surface area contributed by atoms with Crippen LogP contribution in [0, 0.1) is 18.3 Å². The summed E-state index contributed by atoms with van der Waals surface area (Å²) in [5, 5.41) is 20.8. The first-order chi connectivity index (χ1) is 14.9.